The summed E-state index contributed by atoms with van der Waals surface area (Å²) in [5.74, 6) is 0.947. The lowest BCUT2D eigenvalue weighted by molar-refractivity contribution is 0.0423. The normalized spacial score (nSPS) is 12.0. The summed E-state index contributed by atoms with van der Waals surface area (Å²) in [6, 6.07) is 4.27. The van der Waals surface area contributed by atoms with E-state index in [1.807, 2.05) is 20.9 Å². The molecule has 3 nitrogen and oxygen atoms in total. The smallest absolute Gasteiger partial charge is 0.126 e. The minimum absolute atomic E-state index is 0.628. The quantitative estimate of drug-likeness (QED) is 0.873. The second kappa shape index (κ2) is 5.72. The summed E-state index contributed by atoms with van der Waals surface area (Å²) in [6.07, 6.45) is 0. The van der Waals surface area contributed by atoms with Crippen molar-refractivity contribution in [3.05, 3.63) is 28.8 Å². The Kier molecular flexibility index (Phi) is 4.77. The number of benzene rings is 1. The topological polar surface area (TPSA) is 32.7 Å². The van der Waals surface area contributed by atoms with Crippen LogP contribution in [0.25, 0.3) is 0 Å². The van der Waals surface area contributed by atoms with E-state index in [4.69, 9.17) is 4.74 Å². The van der Waals surface area contributed by atoms with Gasteiger partial charge in [0.1, 0.15) is 5.75 Å². The highest BCUT2D eigenvalue weighted by Gasteiger charge is 2.17. The van der Waals surface area contributed by atoms with Crippen molar-refractivity contribution in [3.8, 4) is 5.75 Å². The first kappa shape index (κ1) is 15.0. The number of aliphatic hydroxyl groups is 1. The van der Waals surface area contributed by atoms with Gasteiger partial charge in [-0.2, -0.15) is 0 Å². The number of ether oxygens (including phenoxy) is 1. The number of nitrogens with zero attached hydrogens (tertiary/aromatic N) is 1. The SMILES string of the molecule is COc1c(C)cc(C)cc1CN(C)CC(C)(C)O. The molecule has 1 rings (SSSR count). The third-order valence-corrected chi connectivity index (χ3v) is 2.80. The second-order valence-corrected chi connectivity index (χ2v) is 5.76. The van der Waals surface area contributed by atoms with E-state index >= 15 is 0 Å². The molecule has 0 atom stereocenters. The molecule has 0 aromatic heterocycles. The maximum atomic E-state index is 9.83. The van der Waals surface area contributed by atoms with Gasteiger partial charge in [0.25, 0.3) is 0 Å². The van der Waals surface area contributed by atoms with Crippen molar-refractivity contribution in [1.29, 1.82) is 0 Å². The molecule has 1 aromatic rings. The molecule has 18 heavy (non-hydrogen) atoms. The highest BCUT2D eigenvalue weighted by Crippen LogP contribution is 2.26. The number of aryl methyl sites for hydroxylation is 2. The van der Waals surface area contributed by atoms with Crippen LogP contribution in [-0.2, 0) is 6.54 Å². The molecule has 3 heteroatoms. The summed E-state index contributed by atoms with van der Waals surface area (Å²) in [6.45, 7) is 9.19. The summed E-state index contributed by atoms with van der Waals surface area (Å²) in [7, 11) is 3.71. The lowest BCUT2D eigenvalue weighted by Gasteiger charge is -2.26. The van der Waals surface area contributed by atoms with Crippen molar-refractivity contribution in [2.45, 2.75) is 39.8 Å². The van der Waals surface area contributed by atoms with E-state index in [9.17, 15) is 5.11 Å². The van der Waals surface area contributed by atoms with Gasteiger partial charge < -0.3 is 9.84 Å². The molecule has 0 heterocycles. The molecule has 1 N–H and O–H groups in total. The maximum Gasteiger partial charge on any atom is 0.126 e. The third kappa shape index (κ3) is 4.31. The average Bonchev–Trinajstić information content (AvgIpc) is 2.13. The summed E-state index contributed by atoms with van der Waals surface area (Å²) >= 11 is 0. The van der Waals surface area contributed by atoms with Crippen molar-refractivity contribution in [2.24, 2.45) is 0 Å². The Morgan fingerprint density at radius 2 is 1.89 bits per heavy atom. The van der Waals surface area contributed by atoms with Gasteiger partial charge in [-0.25, -0.2) is 0 Å². The highest BCUT2D eigenvalue weighted by molar-refractivity contribution is 5.43. The number of likely N-dealkylation sites (N-methyl/N-ethyl adjacent to an activating group) is 1. The van der Waals surface area contributed by atoms with Gasteiger partial charge in [0, 0.05) is 18.7 Å². The second-order valence-electron chi connectivity index (χ2n) is 5.76. The van der Waals surface area contributed by atoms with Crippen molar-refractivity contribution >= 4 is 0 Å². The van der Waals surface area contributed by atoms with Crippen molar-refractivity contribution < 1.29 is 9.84 Å². The molecular formula is C15H25NO2. The summed E-state index contributed by atoms with van der Waals surface area (Å²) in [4.78, 5) is 2.11. The fourth-order valence-corrected chi connectivity index (χ4v) is 2.46. The largest absolute Gasteiger partial charge is 0.496 e. The first-order valence-electron chi connectivity index (χ1n) is 6.28. The molecule has 0 saturated carbocycles. The molecule has 102 valence electrons. The van der Waals surface area contributed by atoms with E-state index in [0.29, 0.717) is 6.54 Å². The van der Waals surface area contributed by atoms with Gasteiger partial charge in [-0.15, -0.1) is 0 Å². The van der Waals surface area contributed by atoms with Crippen molar-refractivity contribution in [1.82, 2.24) is 4.90 Å². The summed E-state index contributed by atoms with van der Waals surface area (Å²) in [5.41, 5.74) is 2.88. The third-order valence-electron chi connectivity index (χ3n) is 2.80. The Labute approximate surface area is 110 Å². The Morgan fingerprint density at radius 1 is 1.28 bits per heavy atom. The minimum atomic E-state index is -0.680. The Hall–Kier alpha value is -1.06. The predicted octanol–water partition coefficient (Wildman–Crippen LogP) is 2.51. The Bertz CT molecular complexity index is 408. The van der Waals surface area contributed by atoms with Crippen LogP contribution in [0.3, 0.4) is 0 Å². The molecule has 0 radical (unpaired) electrons. The van der Waals surface area contributed by atoms with E-state index in [1.165, 1.54) is 11.1 Å². The number of rotatable bonds is 5. The van der Waals surface area contributed by atoms with Crippen LogP contribution >= 0.6 is 0 Å². The summed E-state index contributed by atoms with van der Waals surface area (Å²) in [5, 5.41) is 9.83. The zero-order valence-electron chi connectivity index (χ0n) is 12.4. The minimum Gasteiger partial charge on any atom is -0.496 e. The molecule has 0 amide bonds. The molecule has 0 aliphatic heterocycles. The van der Waals surface area contributed by atoms with Gasteiger partial charge in [0.15, 0.2) is 0 Å². The van der Waals surface area contributed by atoms with E-state index < -0.39 is 5.60 Å². The van der Waals surface area contributed by atoms with Crippen LogP contribution < -0.4 is 4.74 Å². The number of hydrogen-bond acceptors (Lipinski definition) is 3. The van der Waals surface area contributed by atoms with E-state index in [-0.39, 0.29) is 0 Å². The molecule has 1 aromatic carbocycles. The van der Waals surface area contributed by atoms with Crippen LogP contribution in [0.4, 0.5) is 0 Å². The lowest BCUT2D eigenvalue weighted by Crippen LogP contribution is -2.35. The van der Waals surface area contributed by atoms with Crippen LogP contribution in [0.2, 0.25) is 0 Å². The molecule has 0 aliphatic carbocycles. The fraction of sp³-hybridized carbons (Fsp3) is 0.600. The van der Waals surface area contributed by atoms with Gasteiger partial charge in [0.2, 0.25) is 0 Å². The van der Waals surface area contributed by atoms with Crippen LogP contribution in [-0.4, -0.2) is 36.3 Å². The van der Waals surface area contributed by atoms with Crippen molar-refractivity contribution in [3.63, 3.8) is 0 Å². The van der Waals surface area contributed by atoms with Crippen LogP contribution in [0.1, 0.15) is 30.5 Å². The highest BCUT2D eigenvalue weighted by atomic mass is 16.5. The van der Waals surface area contributed by atoms with Gasteiger partial charge >= 0.3 is 0 Å². The number of hydrogen-bond donors (Lipinski definition) is 1. The summed E-state index contributed by atoms with van der Waals surface area (Å²) < 4.78 is 5.47. The molecule has 0 unspecified atom stereocenters. The average molecular weight is 251 g/mol. The van der Waals surface area contributed by atoms with E-state index in [0.717, 1.165) is 17.9 Å². The maximum absolute atomic E-state index is 9.83. The number of methoxy groups -OCH3 is 1. The molecule has 0 fully saturated rings. The van der Waals surface area contributed by atoms with Crippen LogP contribution in [0.5, 0.6) is 5.75 Å². The Morgan fingerprint density at radius 3 is 2.39 bits per heavy atom. The van der Waals surface area contributed by atoms with Gasteiger partial charge in [-0.05, 0) is 40.3 Å². The fourth-order valence-electron chi connectivity index (χ4n) is 2.46. The van der Waals surface area contributed by atoms with Crippen LogP contribution in [0.15, 0.2) is 12.1 Å². The molecule has 0 saturated heterocycles. The van der Waals surface area contributed by atoms with Crippen molar-refractivity contribution in [2.75, 3.05) is 20.7 Å². The van der Waals surface area contributed by atoms with Gasteiger partial charge in [-0.3, -0.25) is 4.90 Å². The molecule has 0 aliphatic rings. The first-order chi connectivity index (χ1) is 8.23. The lowest BCUT2D eigenvalue weighted by atomic mass is 10.0. The van der Waals surface area contributed by atoms with Crippen LogP contribution in [0, 0.1) is 13.8 Å². The standard InChI is InChI=1S/C15H25NO2/c1-11-7-12(2)14(18-6)13(8-11)9-16(5)10-15(3,4)17/h7-8,17H,9-10H2,1-6H3. The zero-order chi connectivity index (χ0) is 13.9. The molecule has 0 spiro atoms. The van der Waals surface area contributed by atoms with E-state index in [1.54, 1.807) is 7.11 Å². The molecular weight excluding hydrogens is 226 g/mol. The monoisotopic (exact) mass is 251 g/mol. The first-order valence-corrected chi connectivity index (χ1v) is 6.28. The van der Waals surface area contributed by atoms with Gasteiger partial charge in [0.05, 0.1) is 12.7 Å². The molecule has 0 bridgehead atoms. The predicted molar refractivity (Wildman–Crippen MR) is 75.1 cm³/mol. The zero-order valence-corrected chi connectivity index (χ0v) is 12.4. The Balaban J connectivity index is 2.90. The van der Waals surface area contributed by atoms with Gasteiger partial charge in [-0.1, -0.05) is 17.7 Å². The van der Waals surface area contributed by atoms with E-state index in [2.05, 4.69) is 30.9 Å².